The van der Waals surface area contributed by atoms with E-state index in [1.165, 1.54) is 12.1 Å². The van der Waals surface area contributed by atoms with Crippen molar-refractivity contribution in [2.45, 2.75) is 43.7 Å². The maximum Gasteiger partial charge on any atom is 0.324 e. The van der Waals surface area contributed by atoms with Gasteiger partial charge >= 0.3 is 5.97 Å². The van der Waals surface area contributed by atoms with Gasteiger partial charge in [-0.15, -0.1) is 0 Å². The normalized spacial score (nSPS) is 22.3. The van der Waals surface area contributed by atoms with Crippen LogP contribution in [0.5, 0.6) is 0 Å². The lowest BCUT2D eigenvalue weighted by molar-refractivity contribution is -0.147. The van der Waals surface area contributed by atoms with Crippen molar-refractivity contribution in [2.75, 3.05) is 0 Å². The quantitative estimate of drug-likeness (QED) is 0.850. The van der Waals surface area contributed by atoms with E-state index in [0.717, 1.165) is 5.56 Å². The molecule has 1 aromatic carbocycles. The molecule has 0 saturated carbocycles. The summed E-state index contributed by atoms with van der Waals surface area (Å²) in [4.78, 5) is 11.8. The van der Waals surface area contributed by atoms with Crippen LogP contribution in [0, 0.1) is 6.92 Å². The summed E-state index contributed by atoms with van der Waals surface area (Å²) in [5.41, 5.74) is 0.345. The Balaban J connectivity index is 2.19. The average molecular weight is 283 g/mol. The molecule has 1 unspecified atom stereocenters. The molecule has 1 aliphatic heterocycles. The van der Waals surface area contributed by atoms with Gasteiger partial charge in [0.2, 0.25) is 10.0 Å². The van der Waals surface area contributed by atoms with E-state index in [1.54, 1.807) is 26.0 Å². The highest BCUT2D eigenvalue weighted by Crippen LogP contribution is 2.26. The Bertz CT molecular complexity index is 590. The van der Waals surface area contributed by atoms with Crippen molar-refractivity contribution >= 4 is 16.0 Å². The van der Waals surface area contributed by atoms with Crippen LogP contribution in [0.1, 0.15) is 25.8 Å². The van der Waals surface area contributed by atoms with Gasteiger partial charge in [-0.05, 0) is 32.9 Å². The van der Waals surface area contributed by atoms with Crippen molar-refractivity contribution in [1.82, 2.24) is 4.72 Å². The third-order valence-electron chi connectivity index (χ3n) is 2.99. The summed E-state index contributed by atoms with van der Waals surface area (Å²) < 4.78 is 31.8. The van der Waals surface area contributed by atoms with Crippen LogP contribution in [0.4, 0.5) is 0 Å². The number of benzene rings is 1. The predicted octanol–water partition coefficient (Wildman–Crippen LogP) is 1.37. The average Bonchev–Trinajstić information content (AvgIpc) is 2.51. The number of ether oxygens (including phenoxy) is 1. The van der Waals surface area contributed by atoms with Crippen LogP contribution in [0.25, 0.3) is 0 Å². The monoisotopic (exact) mass is 283 g/mol. The van der Waals surface area contributed by atoms with E-state index in [-0.39, 0.29) is 4.90 Å². The summed E-state index contributed by atoms with van der Waals surface area (Å²) in [5, 5.41) is 0. The summed E-state index contributed by atoms with van der Waals surface area (Å²) >= 11 is 0. The minimum atomic E-state index is -3.69. The Morgan fingerprint density at radius 2 is 1.84 bits per heavy atom. The van der Waals surface area contributed by atoms with E-state index >= 15 is 0 Å². The molecular weight excluding hydrogens is 266 g/mol. The first-order chi connectivity index (χ1) is 8.70. The number of hydrogen-bond donors (Lipinski definition) is 1. The molecule has 6 heteroatoms. The third-order valence-corrected chi connectivity index (χ3v) is 4.47. The van der Waals surface area contributed by atoms with Gasteiger partial charge in [-0.2, -0.15) is 4.72 Å². The Morgan fingerprint density at radius 1 is 1.26 bits per heavy atom. The van der Waals surface area contributed by atoms with Gasteiger partial charge in [-0.3, -0.25) is 4.79 Å². The van der Waals surface area contributed by atoms with Gasteiger partial charge in [-0.25, -0.2) is 8.42 Å². The van der Waals surface area contributed by atoms with Crippen LogP contribution < -0.4 is 4.72 Å². The second kappa shape index (κ2) is 4.61. The van der Waals surface area contributed by atoms with E-state index in [9.17, 15) is 13.2 Å². The molecule has 1 aliphatic rings. The fraction of sp³-hybridized carbons (Fsp3) is 0.462. The molecule has 0 bridgehead atoms. The van der Waals surface area contributed by atoms with Crippen molar-refractivity contribution in [1.29, 1.82) is 0 Å². The SMILES string of the molecule is Cc1ccc(S(=O)(=O)NC2CC(C)(C)OC2=O)cc1. The first-order valence-electron chi connectivity index (χ1n) is 6.01. The van der Waals surface area contributed by atoms with E-state index in [0.29, 0.717) is 6.42 Å². The highest BCUT2D eigenvalue weighted by Gasteiger charge is 2.42. The molecule has 5 nitrogen and oxygen atoms in total. The molecule has 19 heavy (non-hydrogen) atoms. The smallest absolute Gasteiger partial charge is 0.324 e. The number of sulfonamides is 1. The standard InChI is InChI=1S/C13H17NO4S/c1-9-4-6-10(7-5-9)19(16,17)14-11-8-13(2,3)18-12(11)15/h4-7,11,14H,8H2,1-3H3. The second-order valence-electron chi connectivity index (χ2n) is 5.37. The van der Waals surface area contributed by atoms with Crippen molar-refractivity contribution in [3.05, 3.63) is 29.8 Å². The molecule has 0 spiro atoms. The summed E-state index contributed by atoms with van der Waals surface area (Å²) in [5.74, 6) is -0.527. The molecular formula is C13H17NO4S. The Kier molecular flexibility index (Phi) is 3.40. The number of cyclic esters (lactones) is 1. The molecule has 1 aromatic rings. The summed E-state index contributed by atoms with van der Waals surface area (Å²) in [7, 11) is -3.69. The van der Waals surface area contributed by atoms with Crippen LogP contribution in [0.15, 0.2) is 29.2 Å². The highest BCUT2D eigenvalue weighted by atomic mass is 32.2. The van der Waals surface area contributed by atoms with Gasteiger partial charge in [0.15, 0.2) is 0 Å². The molecule has 1 atom stereocenters. The number of aryl methyl sites for hydroxylation is 1. The van der Waals surface area contributed by atoms with Crippen LogP contribution in [0.3, 0.4) is 0 Å². The molecule has 2 rings (SSSR count). The van der Waals surface area contributed by atoms with Crippen molar-refractivity contribution in [3.8, 4) is 0 Å². The topological polar surface area (TPSA) is 72.5 Å². The number of hydrogen-bond acceptors (Lipinski definition) is 4. The van der Waals surface area contributed by atoms with Gasteiger partial charge in [0.1, 0.15) is 11.6 Å². The largest absolute Gasteiger partial charge is 0.458 e. The number of nitrogens with one attached hydrogen (secondary N) is 1. The maximum absolute atomic E-state index is 12.1. The lowest BCUT2D eigenvalue weighted by atomic mass is 10.0. The lowest BCUT2D eigenvalue weighted by Gasteiger charge is -2.14. The molecule has 0 aliphatic carbocycles. The molecule has 1 fully saturated rings. The fourth-order valence-corrected chi connectivity index (χ4v) is 3.21. The maximum atomic E-state index is 12.1. The fourth-order valence-electron chi connectivity index (χ4n) is 2.02. The minimum Gasteiger partial charge on any atom is -0.458 e. The molecule has 1 heterocycles. The number of esters is 1. The minimum absolute atomic E-state index is 0.149. The molecule has 0 radical (unpaired) electrons. The van der Waals surface area contributed by atoms with E-state index in [2.05, 4.69) is 4.72 Å². The Morgan fingerprint density at radius 3 is 2.32 bits per heavy atom. The number of carbonyl (C=O) groups excluding carboxylic acids is 1. The third kappa shape index (κ3) is 3.13. The van der Waals surface area contributed by atoms with Gasteiger partial charge in [-0.1, -0.05) is 17.7 Å². The number of carbonyl (C=O) groups is 1. The van der Waals surface area contributed by atoms with Gasteiger partial charge in [0, 0.05) is 6.42 Å². The van der Waals surface area contributed by atoms with Gasteiger partial charge in [0.05, 0.1) is 4.90 Å². The zero-order valence-corrected chi connectivity index (χ0v) is 12.0. The van der Waals surface area contributed by atoms with Gasteiger partial charge < -0.3 is 4.74 Å². The molecule has 0 amide bonds. The van der Waals surface area contributed by atoms with Crippen molar-refractivity contribution in [3.63, 3.8) is 0 Å². The van der Waals surface area contributed by atoms with Crippen molar-refractivity contribution in [2.24, 2.45) is 0 Å². The van der Waals surface area contributed by atoms with E-state index < -0.39 is 27.6 Å². The number of rotatable bonds is 3. The van der Waals surface area contributed by atoms with Crippen LogP contribution in [-0.4, -0.2) is 26.0 Å². The second-order valence-corrected chi connectivity index (χ2v) is 7.09. The zero-order chi connectivity index (χ0) is 14.3. The highest BCUT2D eigenvalue weighted by molar-refractivity contribution is 7.89. The van der Waals surface area contributed by atoms with E-state index in [1.807, 2.05) is 6.92 Å². The molecule has 1 saturated heterocycles. The van der Waals surface area contributed by atoms with Crippen LogP contribution in [0.2, 0.25) is 0 Å². The molecule has 1 N–H and O–H groups in total. The first kappa shape index (κ1) is 14.0. The molecule has 104 valence electrons. The summed E-state index contributed by atoms with van der Waals surface area (Å²) in [6, 6.07) is 5.64. The van der Waals surface area contributed by atoms with Crippen LogP contribution in [-0.2, 0) is 19.6 Å². The van der Waals surface area contributed by atoms with E-state index in [4.69, 9.17) is 4.74 Å². The Labute approximate surface area is 113 Å². The summed E-state index contributed by atoms with van der Waals surface area (Å²) in [6.45, 7) is 5.39. The first-order valence-corrected chi connectivity index (χ1v) is 7.50. The molecule has 0 aromatic heterocycles. The predicted molar refractivity (Wildman–Crippen MR) is 70.1 cm³/mol. The summed E-state index contributed by atoms with van der Waals surface area (Å²) in [6.07, 6.45) is 0.330. The van der Waals surface area contributed by atoms with Gasteiger partial charge in [0.25, 0.3) is 0 Å². The van der Waals surface area contributed by atoms with Crippen molar-refractivity contribution < 1.29 is 17.9 Å². The van der Waals surface area contributed by atoms with Crippen LogP contribution >= 0.6 is 0 Å². The Hall–Kier alpha value is -1.40. The lowest BCUT2D eigenvalue weighted by Crippen LogP contribution is -2.38. The zero-order valence-electron chi connectivity index (χ0n) is 11.1.